The second-order valence-corrected chi connectivity index (χ2v) is 1.81. The number of nitrogens with two attached hydrogens (primary N) is 1. The highest BCUT2D eigenvalue weighted by Crippen LogP contribution is 1.72. The summed E-state index contributed by atoms with van der Waals surface area (Å²) in [5, 5.41) is 0. The maximum Gasteiger partial charge on any atom is 0.106 e. The summed E-state index contributed by atoms with van der Waals surface area (Å²) in [4.78, 5) is 0. The van der Waals surface area contributed by atoms with Crippen molar-refractivity contribution in [2.24, 2.45) is 5.84 Å². The van der Waals surface area contributed by atoms with Crippen molar-refractivity contribution in [3.63, 3.8) is 0 Å². The zero-order valence-corrected chi connectivity index (χ0v) is 5.02. The largest absolute Gasteiger partial charge is 0.224 e. The molecule has 0 heterocycles. The van der Waals surface area contributed by atoms with E-state index in [-0.39, 0.29) is 0 Å². The second-order valence-electron chi connectivity index (χ2n) is 1.81. The predicted molar refractivity (Wildman–Crippen MR) is 28.5 cm³/mol. The van der Waals surface area contributed by atoms with Crippen LogP contribution in [0.5, 0.6) is 0 Å². The Morgan fingerprint density at radius 1 is 1.43 bits per heavy atom. The standard InChI is InChI=1S/C3H13N4/c1-5-7(2,3)6-4/h5-6H,4H2,1-3H3/q+1. The van der Waals surface area contributed by atoms with E-state index >= 15 is 0 Å². The Morgan fingerprint density at radius 3 is 1.86 bits per heavy atom. The summed E-state index contributed by atoms with van der Waals surface area (Å²) in [5.74, 6) is 5.08. The molecule has 0 aromatic carbocycles. The zero-order valence-electron chi connectivity index (χ0n) is 5.02. The normalized spacial score (nSPS) is 12.0. The van der Waals surface area contributed by atoms with E-state index in [0.717, 1.165) is 0 Å². The first-order valence-corrected chi connectivity index (χ1v) is 2.13. The lowest BCUT2D eigenvalue weighted by atomic mass is 11.0. The van der Waals surface area contributed by atoms with Crippen LogP contribution in [0.2, 0.25) is 0 Å². The van der Waals surface area contributed by atoms with Crippen molar-refractivity contribution in [3.8, 4) is 0 Å². The molecule has 7 heavy (non-hydrogen) atoms. The van der Waals surface area contributed by atoms with E-state index in [0.29, 0.717) is 4.70 Å². The van der Waals surface area contributed by atoms with Crippen LogP contribution in [0.4, 0.5) is 0 Å². The van der Waals surface area contributed by atoms with Gasteiger partial charge in [-0.15, -0.1) is 0 Å². The van der Waals surface area contributed by atoms with Gasteiger partial charge < -0.3 is 0 Å². The molecule has 0 spiro atoms. The van der Waals surface area contributed by atoms with Crippen molar-refractivity contribution < 1.29 is 4.70 Å². The van der Waals surface area contributed by atoms with Crippen LogP contribution in [0, 0.1) is 0 Å². The third-order valence-corrected chi connectivity index (χ3v) is 0.882. The third-order valence-electron chi connectivity index (χ3n) is 0.882. The van der Waals surface area contributed by atoms with Gasteiger partial charge in [-0.2, -0.15) is 10.1 Å². The van der Waals surface area contributed by atoms with Gasteiger partial charge in [0, 0.05) is 7.05 Å². The summed E-state index contributed by atoms with van der Waals surface area (Å²) >= 11 is 0. The smallest absolute Gasteiger partial charge is 0.106 e. The minimum Gasteiger partial charge on any atom is -0.224 e. The number of nitrogens with zero attached hydrogens (tertiary/aromatic N) is 1. The van der Waals surface area contributed by atoms with E-state index in [1.54, 1.807) is 0 Å². The first-order valence-electron chi connectivity index (χ1n) is 2.13. The number of hydrazine groups is 1. The van der Waals surface area contributed by atoms with Crippen LogP contribution in [0.3, 0.4) is 0 Å². The SMILES string of the molecule is CN[N+](C)(C)NN. The average Bonchev–Trinajstić information content (AvgIpc) is 1.68. The predicted octanol–water partition coefficient (Wildman–Crippen LogP) is -1.42. The lowest BCUT2D eigenvalue weighted by Gasteiger charge is -2.23. The Hall–Kier alpha value is -0.160. The van der Waals surface area contributed by atoms with Gasteiger partial charge in [-0.3, -0.25) is 0 Å². The minimum absolute atomic E-state index is 0.417. The van der Waals surface area contributed by atoms with Crippen LogP contribution in [-0.2, 0) is 0 Å². The highest BCUT2D eigenvalue weighted by Gasteiger charge is 2.05. The van der Waals surface area contributed by atoms with E-state index < -0.39 is 0 Å². The summed E-state index contributed by atoms with van der Waals surface area (Å²) in [7, 11) is 5.60. The van der Waals surface area contributed by atoms with Crippen molar-refractivity contribution in [3.05, 3.63) is 0 Å². The fraction of sp³-hybridized carbons (Fsp3) is 1.00. The molecule has 0 aromatic rings. The van der Waals surface area contributed by atoms with Gasteiger partial charge in [0.25, 0.3) is 0 Å². The van der Waals surface area contributed by atoms with Crippen LogP contribution in [-0.4, -0.2) is 25.8 Å². The van der Waals surface area contributed by atoms with Gasteiger partial charge in [-0.1, -0.05) is 5.53 Å². The Labute approximate surface area is 43.8 Å². The van der Waals surface area contributed by atoms with Crippen LogP contribution in [0.15, 0.2) is 0 Å². The molecule has 4 nitrogen and oxygen atoms in total. The molecule has 0 aromatic heterocycles. The molecule has 44 valence electrons. The molecule has 0 unspecified atom stereocenters. The van der Waals surface area contributed by atoms with E-state index in [4.69, 9.17) is 5.84 Å². The van der Waals surface area contributed by atoms with Gasteiger partial charge in [0.05, 0.1) is 0 Å². The molecule has 0 amide bonds. The zero-order chi connectivity index (χ0) is 5.91. The van der Waals surface area contributed by atoms with E-state index in [9.17, 15) is 0 Å². The molecule has 0 aliphatic rings. The minimum atomic E-state index is 0.417. The molecule has 0 atom stereocenters. The molecule has 0 aliphatic heterocycles. The van der Waals surface area contributed by atoms with Crippen molar-refractivity contribution in [1.29, 1.82) is 0 Å². The number of hydrogen-bond acceptors (Lipinski definition) is 3. The number of hydrogen-bond donors (Lipinski definition) is 3. The van der Waals surface area contributed by atoms with Crippen molar-refractivity contribution in [2.75, 3.05) is 21.1 Å². The summed E-state index contributed by atoms with van der Waals surface area (Å²) in [6.45, 7) is 0. The lowest BCUT2D eigenvalue weighted by Crippen LogP contribution is -2.62. The summed E-state index contributed by atoms with van der Waals surface area (Å²) < 4.78 is 0.417. The van der Waals surface area contributed by atoms with Crippen molar-refractivity contribution in [1.82, 2.24) is 11.0 Å². The van der Waals surface area contributed by atoms with Crippen molar-refractivity contribution >= 4 is 0 Å². The number of rotatable bonds is 2. The summed E-state index contributed by atoms with van der Waals surface area (Å²) in [6.07, 6.45) is 0. The van der Waals surface area contributed by atoms with Gasteiger partial charge in [0.2, 0.25) is 0 Å². The van der Waals surface area contributed by atoms with E-state index in [1.807, 2.05) is 21.1 Å². The monoisotopic (exact) mass is 105 g/mol. The van der Waals surface area contributed by atoms with Crippen LogP contribution in [0.1, 0.15) is 0 Å². The average molecular weight is 105 g/mol. The van der Waals surface area contributed by atoms with Crippen LogP contribution >= 0.6 is 0 Å². The molecule has 4 heteroatoms. The molecule has 0 radical (unpaired) electrons. The molecular formula is C3H13N4+. The fourth-order valence-corrected chi connectivity index (χ4v) is 0.0645. The maximum absolute atomic E-state index is 5.08. The first-order chi connectivity index (χ1) is 3.12. The van der Waals surface area contributed by atoms with Crippen LogP contribution in [0.25, 0.3) is 0 Å². The Kier molecular flexibility index (Phi) is 2.17. The van der Waals surface area contributed by atoms with Crippen LogP contribution < -0.4 is 16.8 Å². The Bertz CT molecular complexity index is 44.9. The fourth-order valence-electron chi connectivity index (χ4n) is 0.0645. The van der Waals surface area contributed by atoms with Gasteiger partial charge in [-0.05, 0) is 0 Å². The van der Waals surface area contributed by atoms with Gasteiger partial charge >= 0.3 is 0 Å². The third kappa shape index (κ3) is 2.52. The van der Waals surface area contributed by atoms with E-state index in [2.05, 4.69) is 11.0 Å². The lowest BCUT2D eigenvalue weighted by molar-refractivity contribution is -0.975. The molecule has 4 N–H and O–H groups in total. The molecule has 0 bridgehead atoms. The van der Waals surface area contributed by atoms with E-state index in [1.165, 1.54) is 0 Å². The Morgan fingerprint density at radius 2 is 1.86 bits per heavy atom. The van der Waals surface area contributed by atoms with Gasteiger partial charge in [0.1, 0.15) is 14.1 Å². The van der Waals surface area contributed by atoms with Gasteiger partial charge in [0.15, 0.2) is 0 Å². The van der Waals surface area contributed by atoms with Gasteiger partial charge in [-0.25, -0.2) is 5.84 Å². The summed E-state index contributed by atoms with van der Waals surface area (Å²) in [6, 6.07) is 0. The molecule has 0 rings (SSSR count). The molecular weight excluding hydrogens is 92.1 g/mol. The quantitative estimate of drug-likeness (QED) is 0.229. The second kappa shape index (κ2) is 2.23. The highest BCUT2D eigenvalue weighted by atomic mass is 15.9. The summed E-state index contributed by atoms with van der Waals surface area (Å²) in [5.41, 5.74) is 5.41. The molecule has 0 saturated heterocycles. The highest BCUT2D eigenvalue weighted by molar-refractivity contribution is 3.93. The maximum atomic E-state index is 5.08. The molecule has 0 fully saturated rings. The number of quaternary nitrogens is 1. The molecule has 0 aliphatic carbocycles. The topological polar surface area (TPSA) is 50.1 Å². The Balaban J connectivity index is 3.36. The number of nitrogens with one attached hydrogen (secondary N) is 2. The van der Waals surface area contributed by atoms with Crippen molar-refractivity contribution in [2.45, 2.75) is 0 Å². The first kappa shape index (κ1) is 6.84. The molecule has 0 saturated carbocycles.